The van der Waals surface area contributed by atoms with Gasteiger partial charge in [-0.1, -0.05) is 26.0 Å². The van der Waals surface area contributed by atoms with Crippen molar-refractivity contribution in [2.24, 2.45) is 5.41 Å². The summed E-state index contributed by atoms with van der Waals surface area (Å²) < 4.78 is 11.2. The SMILES string of the molecule is CO[C@@H]1C=C2CO[C@@H]1/C(CO)=C\CC(C)(C)C(=O)[C@@H](O)C2. The van der Waals surface area contributed by atoms with E-state index in [2.05, 4.69) is 0 Å². The van der Waals surface area contributed by atoms with Gasteiger partial charge in [0.05, 0.1) is 13.2 Å². The van der Waals surface area contributed by atoms with Gasteiger partial charge in [-0.3, -0.25) is 4.79 Å². The first-order valence-corrected chi connectivity index (χ1v) is 7.25. The molecular weight excluding hydrogens is 272 g/mol. The van der Waals surface area contributed by atoms with Gasteiger partial charge in [-0.25, -0.2) is 0 Å². The van der Waals surface area contributed by atoms with Crippen LogP contribution in [-0.4, -0.2) is 54.6 Å². The molecule has 3 rings (SSSR count). The van der Waals surface area contributed by atoms with E-state index in [1.807, 2.05) is 26.0 Å². The van der Waals surface area contributed by atoms with Gasteiger partial charge in [0.25, 0.3) is 0 Å². The van der Waals surface area contributed by atoms with Crippen molar-refractivity contribution in [2.75, 3.05) is 20.3 Å². The van der Waals surface area contributed by atoms with Crippen LogP contribution in [0.3, 0.4) is 0 Å². The molecule has 2 aliphatic heterocycles. The summed E-state index contributed by atoms with van der Waals surface area (Å²) in [6.45, 7) is 3.83. The van der Waals surface area contributed by atoms with Crippen molar-refractivity contribution in [3.8, 4) is 0 Å². The number of fused-ring (bicyclic) bond motifs is 7. The summed E-state index contributed by atoms with van der Waals surface area (Å²) in [5.41, 5.74) is 0.899. The zero-order valence-electron chi connectivity index (χ0n) is 12.8. The van der Waals surface area contributed by atoms with E-state index in [0.29, 0.717) is 13.0 Å². The largest absolute Gasteiger partial charge is 0.392 e. The summed E-state index contributed by atoms with van der Waals surface area (Å²) >= 11 is 0. The maximum atomic E-state index is 12.4. The molecule has 3 atom stereocenters. The number of Topliss-reactive ketones (excluding diaryl/α,β-unsaturated/α-hetero) is 1. The number of hydrogen-bond donors (Lipinski definition) is 2. The van der Waals surface area contributed by atoms with Crippen LogP contribution in [0.1, 0.15) is 26.7 Å². The number of methoxy groups -OCH3 is 1. The Labute approximate surface area is 125 Å². The molecule has 0 unspecified atom stereocenters. The second-order valence-electron chi connectivity index (χ2n) is 6.37. The van der Waals surface area contributed by atoms with E-state index in [0.717, 1.165) is 11.1 Å². The van der Waals surface area contributed by atoms with Gasteiger partial charge in [-0.05, 0) is 17.6 Å². The van der Waals surface area contributed by atoms with Gasteiger partial charge < -0.3 is 19.7 Å². The summed E-state index contributed by atoms with van der Waals surface area (Å²) in [5.74, 6) is -0.184. The van der Waals surface area contributed by atoms with Gasteiger partial charge in [-0.15, -0.1) is 0 Å². The fourth-order valence-corrected chi connectivity index (χ4v) is 2.85. The molecule has 0 saturated heterocycles. The van der Waals surface area contributed by atoms with Crippen molar-refractivity contribution in [1.82, 2.24) is 0 Å². The third kappa shape index (κ3) is 3.43. The smallest absolute Gasteiger partial charge is 0.167 e. The predicted molar refractivity (Wildman–Crippen MR) is 77.8 cm³/mol. The van der Waals surface area contributed by atoms with Crippen molar-refractivity contribution in [3.63, 3.8) is 0 Å². The number of allylic oxidation sites excluding steroid dienone is 1. The molecule has 3 aliphatic rings. The number of ketones is 1. The highest BCUT2D eigenvalue weighted by molar-refractivity contribution is 5.88. The lowest BCUT2D eigenvalue weighted by Crippen LogP contribution is -2.37. The summed E-state index contributed by atoms with van der Waals surface area (Å²) in [6.07, 6.45) is 2.76. The molecule has 118 valence electrons. The van der Waals surface area contributed by atoms with Crippen molar-refractivity contribution in [3.05, 3.63) is 23.3 Å². The highest BCUT2D eigenvalue weighted by Gasteiger charge is 2.36. The van der Waals surface area contributed by atoms with Crippen LogP contribution in [0.25, 0.3) is 0 Å². The van der Waals surface area contributed by atoms with E-state index in [-0.39, 0.29) is 31.0 Å². The first kappa shape index (κ1) is 16.4. The van der Waals surface area contributed by atoms with E-state index >= 15 is 0 Å². The Balaban J connectivity index is 2.42. The number of carbonyl (C=O) groups is 1. The molecule has 0 aromatic carbocycles. The molecule has 0 spiro atoms. The van der Waals surface area contributed by atoms with Gasteiger partial charge in [-0.2, -0.15) is 0 Å². The first-order valence-electron chi connectivity index (χ1n) is 7.25. The number of hydrogen-bond acceptors (Lipinski definition) is 5. The maximum Gasteiger partial charge on any atom is 0.167 e. The average Bonchev–Trinajstić information content (AvgIpc) is 2.48. The lowest BCUT2D eigenvalue weighted by molar-refractivity contribution is -0.135. The maximum absolute atomic E-state index is 12.4. The minimum absolute atomic E-state index is 0.138. The predicted octanol–water partition coefficient (Wildman–Crippen LogP) is 0.995. The number of aliphatic hydroxyl groups excluding tert-OH is 2. The Morgan fingerprint density at radius 1 is 1.48 bits per heavy atom. The van der Waals surface area contributed by atoms with Crippen molar-refractivity contribution in [2.45, 2.75) is 45.0 Å². The number of aliphatic hydroxyl groups is 2. The first-order chi connectivity index (χ1) is 9.89. The molecule has 0 aromatic rings. The molecule has 0 saturated carbocycles. The Bertz CT molecular complexity index is 463. The van der Waals surface area contributed by atoms with Crippen LogP contribution in [0.2, 0.25) is 0 Å². The standard InChI is InChI=1S/C16H24O5/c1-16(2)5-4-11(8-17)14-13(20-3)7-10(9-21-14)6-12(18)15(16)19/h4,7,12-14,17-18H,5-6,8-9H2,1-3H3/b11-4-/t12-,13+,14+/m0/s1. The van der Waals surface area contributed by atoms with Gasteiger partial charge >= 0.3 is 0 Å². The highest BCUT2D eigenvalue weighted by Crippen LogP contribution is 2.31. The zero-order chi connectivity index (χ0) is 15.6. The number of carbonyl (C=O) groups excluding carboxylic acids is 1. The molecule has 5 nitrogen and oxygen atoms in total. The quantitative estimate of drug-likeness (QED) is 0.743. The summed E-state index contributed by atoms with van der Waals surface area (Å²) in [6, 6.07) is 0. The number of rotatable bonds is 2. The Morgan fingerprint density at radius 2 is 2.19 bits per heavy atom. The molecule has 0 amide bonds. The molecule has 1 aliphatic carbocycles. The third-order valence-electron chi connectivity index (χ3n) is 4.27. The van der Waals surface area contributed by atoms with Crippen molar-refractivity contribution >= 4 is 5.78 Å². The van der Waals surface area contributed by atoms with E-state index in [9.17, 15) is 15.0 Å². The fraction of sp³-hybridized carbons (Fsp3) is 0.688. The summed E-state index contributed by atoms with van der Waals surface area (Å²) in [4.78, 5) is 12.4. The highest BCUT2D eigenvalue weighted by atomic mass is 16.5. The van der Waals surface area contributed by atoms with Crippen LogP contribution in [0.15, 0.2) is 23.3 Å². The second kappa shape index (κ2) is 6.40. The van der Waals surface area contributed by atoms with E-state index in [1.54, 1.807) is 7.11 Å². The average molecular weight is 296 g/mol. The van der Waals surface area contributed by atoms with E-state index in [1.165, 1.54) is 0 Å². The molecule has 2 bridgehead atoms. The molecule has 5 heteroatoms. The topological polar surface area (TPSA) is 76.0 Å². The summed E-state index contributed by atoms with van der Waals surface area (Å²) in [5, 5.41) is 19.8. The molecule has 0 fully saturated rings. The lowest BCUT2D eigenvalue weighted by atomic mass is 9.80. The molecule has 0 aromatic heterocycles. The molecular formula is C16H24O5. The van der Waals surface area contributed by atoms with E-state index < -0.39 is 11.5 Å². The van der Waals surface area contributed by atoms with Crippen LogP contribution >= 0.6 is 0 Å². The van der Waals surface area contributed by atoms with Crippen LogP contribution in [0.5, 0.6) is 0 Å². The normalized spacial score (nSPS) is 35.7. The van der Waals surface area contributed by atoms with Crippen LogP contribution in [-0.2, 0) is 14.3 Å². The number of ether oxygens (including phenoxy) is 2. The van der Waals surface area contributed by atoms with Gasteiger partial charge in [0, 0.05) is 18.9 Å². The minimum Gasteiger partial charge on any atom is -0.392 e. The fourth-order valence-electron chi connectivity index (χ4n) is 2.85. The zero-order valence-corrected chi connectivity index (χ0v) is 12.8. The van der Waals surface area contributed by atoms with Crippen molar-refractivity contribution < 1.29 is 24.5 Å². The molecule has 0 radical (unpaired) electrons. The Hall–Kier alpha value is -1.01. The summed E-state index contributed by atoms with van der Waals surface area (Å²) in [7, 11) is 1.58. The molecule has 21 heavy (non-hydrogen) atoms. The van der Waals surface area contributed by atoms with Crippen molar-refractivity contribution in [1.29, 1.82) is 0 Å². The van der Waals surface area contributed by atoms with Crippen LogP contribution in [0, 0.1) is 5.41 Å². The Morgan fingerprint density at radius 3 is 2.81 bits per heavy atom. The second-order valence-corrected chi connectivity index (χ2v) is 6.37. The monoisotopic (exact) mass is 296 g/mol. The molecule has 2 heterocycles. The minimum atomic E-state index is -1.03. The Kier molecular flexibility index (Phi) is 4.99. The van der Waals surface area contributed by atoms with Gasteiger partial charge in [0.15, 0.2) is 5.78 Å². The van der Waals surface area contributed by atoms with Crippen LogP contribution in [0.4, 0.5) is 0 Å². The van der Waals surface area contributed by atoms with E-state index in [4.69, 9.17) is 9.47 Å². The lowest BCUT2D eigenvalue weighted by Gasteiger charge is -2.31. The van der Waals surface area contributed by atoms with Gasteiger partial charge in [0.2, 0.25) is 0 Å². The van der Waals surface area contributed by atoms with Gasteiger partial charge in [0.1, 0.15) is 18.3 Å². The third-order valence-corrected chi connectivity index (χ3v) is 4.27. The molecule has 2 N–H and O–H groups in total. The van der Waals surface area contributed by atoms with Crippen LogP contribution < -0.4 is 0 Å².